The summed E-state index contributed by atoms with van der Waals surface area (Å²) in [5.74, 6) is 1.54. The van der Waals surface area contributed by atoms with Gasteiger partial charge in [-0.05, 0) is 98.6 Å². The molecular formula is C37H38ClN5O. The first-order valence-electron chi connectivity index (χ1n) is 15.9. The fraction of sp³-hybridized carbons (Fsp3) is 0.324. The maximum Gasteiger partial charge on any atom is 0.264 e. The van der Waals surface area contributed by atoms with Gasteiger partial charge >= 0.3 is 0 Å². The Balaban J connectivity index is 1.25. The number of likely N-dealkylation sites (N-methyl/N-ethyl adjacent to an activating group) is 1. The molecule has 6 nitrogen and oxygen atoms in total. The third-order valence-electron chi connectivity index (χ3n) is 9.38. The fourth-order valence-electron chi connectivity index (χ4n) is 7.01. The van der Waals surface area contributed by atoms with Gasteiger partial charge in [-0.1, -0.05) is 73.3 Å². The number of hydrogen-bond acceptors (Lipinski definition) is 5. The molecule has 7 heteroatoms. The molecule has 0 radical (unpaired) electrons. The standard InChI is InChI=1S/C37H38ClN5O/c1-42-20-8-11-28(24-42)27-16-19-32(34(38)22-27)33-21-29-23-39-37(41-35(29)43(36(33)44)31-12-6-3-7-13-31)40-30-17-14-26(15-18-30)25-9-4-2-5-10-25/h3,6-7,12-19,21-23,25,28H,2,4-5,8-11,20,24H2,1H3,(H,39,40,41). The Morgan fingerprint density at radius 1 is 0.818 bits per heavy atom. The van der Waals surface area contributed by atoms with Crippen molar-refractivity contribution < 1.29 is 0 Å². The van der Waals surface area contributed by atoms with E-state index >= 15 is 0 Å². The largest absolute Gasteiger partial charge is 0.324 e. The van der Waals surface area contributed by atoms with E-state index in [1.54, 1.807) is 10.8 Å². The van der Waals surface area contributed by atoms with E-state index in [-0.39, 0.29) is 5.56 Å². The molecule has 0 amide bonds. The van der Waals surface area contributed by atoms with Crippen molar-refractivity contribution in [2.45, 2.75) is 56.8 Å². The number of para-hydroxylation sites is 1. The molecule has 3 aromatic carbocycles. The minimum absolute atomic E-state index is 0.169. The Labute approximate surface area is 263 Å². The van der Waals surface area contributed by atoms with Gasteiger partial charge in [-0.2, -0.15) is 4.98 Å². The molecule has 0 spiro atoms. The monoisotopic (exact) mass is 603 g/mol. The van der Waals surface area contributed by atoms with E-state index in [1.807, 2.05) is 48.5 Å². The Morgan fingerprint density at radius 2 is 1.57 bits per heavy atom. The highest BCUT2D eigenvalue weighted by Gasteiger charge is 2.22. The van der Waals surface area contributed by atoms with E-state index in [4.69, 9.17) is 16.6 Å². The number of anilines is 2. The third kappa shape index (κ3) is 5.89. The smallest absolute Gasteiger partial charge is 0.264 e. The number of nitrogens with one attached hydrogen (secondary N) is 1. The molecule has 5 aromatic rings. The highest BCUT2D eigenvalue weighted by molar-refractivity contribution is 6.33. The Morgan fingerprint density at radius 3 is 2.32 bits per heavy atom. The van der Waals surface area contributed by atoms with Crippen LogP contribution in [0.3, 0.4) is 0 Å². The molecule has 1 atom stereocenters. The van der Waals surface area contributed by atoms with Gasteiger partial charge in [0.1, 0.15) is 0 Å². The minimum Gasteiger partial charge on any atom is -0.324 e. The van der Waals surface area contributed by atoms with E-state index < -0.39 is 0 Å². The number of pyridine rings is 1. The lowest BCUT2D eigenvalue weighted by atomic mass is 9.84. The van der Waals surface area contributed by atoms with Crippen LogP contribution < -0.4 is 10.9 Å². The third-order valence-corrected chi connectivity index (χ3v) is 9.69. The summed E-state index contributed by atoms with van der Waals surface area (Å²) in [4.78, 5) is 26.1. The van der Waals surface area contributed by atoms with E-state index in [0.717, 1.165) is 41.8 Å². The van der Waals surface area contributed by atoms with Crippen molar-refractivity contribution in [1.82, 2.24) is 19.4 Å². The number of hydrogen-bond donors (Lipinski definition) is 1. The topological polar surface area (TPSA) is 63.1 Å². The van der Waals surface area contributed by atoms with E-state index in [0.29, 0.717) is 34.0 Å². The Hall–Kier alpha value is -4.00. The average molecular weight is 604 g/mol. The molecule has 1 N–H and O–H groups in total. The van der Waals surface area contributed by atoms with Gasteiger partial charge in [-0.25, -0.2) is 4.98 Å². The highest BCUT2D eigenvalue weighted by atomic mass is 35.5. The maximum atomic E-state index is 14.2. The predicted octanol–water partition coefficient (Wildman–Crippen LogP) is 8.70. The molecular weight excluding hydrogens is 566 g/mol. The van der Waals surface area contributed by atoms with Crippen LogP contribution in [-0.2, 0) is 0 Å². The van der Waals surface area contributed by atoms with Crippen LogP contribution in [0.15, 0.2) is 89.9 Å². The second-order valence-electron chi connectivity index (χ2n) is 12.4. The van der Waals surface area contributed by atoms with Crippen LogP contribution in [0.5, 0.6) is 0 Å². The van der Waals surface area contributed by atoms with Gasteiger partial charge in [0.05, 0.1) is 5.69 Å². The second kappa shape index (κ2) is 12.5. The van der Waals surface area contributed by atoms with Crippen LogP contribution in [0.1, 0.15) is 67.9 Å². The number of rotatable bonds is 6. The lowest BCUT2D eigenvalue weighted by Crippen LogP contribution is -2.30. The van der Waals surface area contributed by atoms with Crippen molar-refractivity contribution in [2.75, 3.05) is 25.5 Å². The summed E-state index contributed by atoms with van der Waals surface area (Å²) in [7, 11) is 2.17. The molecule has 44 heavy (non-hydrogen) atoms. The Kier molecular flexibility index (Phi) is 8.20. The van der Waals surface area contributed by atoms with E-state index in [2.05, 4.69) is 52.6 Å². The van der Waals surface area contributed by atoms with Crippen LogP contribution in [0.25, 0.3) is 27.8 Å². The second-order valence-corrected chi connectivity index (χ2v) is 12.8. The Bertz CT molecular complexity index is 1830. The first-order valence-corrected chi connectivity index (χ1v) is 16.2. The van der Waals surface area contributed by atoms with Gasteiger partial charge in [0.25, 0.3) is 5.56 Å². The molecule has 1 saturated heterocycles. The number of halogens is 1. The van der Waals surface area contributed by atoms with Crippen LogP contribution in [-0.4, -0.2) is 39.6 Å². The van der Waals surface area contributed by atoms with Gasteiger partial charge < -0.3 is 10.2 Å². The van der Waals surface area contributed by atoms with Gasteiger partial charge in [0.15, 0.2) is 5.65 Å². The molecule has 1 unspecified atom stereocenters. The molecule has 1 saturated carbocycles. The maximum absolute atomic E-state index is 14.2. The van der Waals surface area contributed by atoms with E-state index in [9.17, 15) is 4.79 Å². The lowest BCUT2D eigenvalue weighted by Gasteiger charge is -2.30. The van der Waals surface area contributed by atoms with Crippen molar-refractivity contribution >= 4 is 34.3 Å². The summed E-state index contributed by atoms with van der Waals surface area (Å²) in [5.41, 5.74) is 5.90. The number of aromatic nitrogens is 3. The number of benzene rings is 3. The molecule has 0 bridgehead atoms. The number of fused-ring (bicyclic) bond motifs is 1. The van der Waals surface area contributed by atoms with Crippen molar-refractivity contribution in [3.05, 3.63) is 112 Å². The zero-order chi connectivity index (χ0) is 30.0. The van der Waals surface area contributed by atoms with Crippen molar-refractivity contribution in [3.63, 3.8) is 0 Å². The summed E-state index contributed by atoms with van der Waals surface area (Å²) >= 11 is 6.91. The van der Waals surface area contributed by atoms with Gasteiger partial charge in [0, 0.05) is 40.0 Å². The molecule has 2 aliphatic rings. The lowest BCUT2D eigenvalue weighted by molar-refractivity contribution is 0.251. The number of likely N-dealkylation sites (tertiary alicyclic amines) is 1. The molecule has 3 heterocycles. The average Bonchev–Trinajstić information content (AvgIpc) is 3.06. The normalized spacial score (nSPS) is 18.0. The van der Waals surface area contributed by atoms with Gasteiger partial charge in [-0.15, -0.1) is 0 Å². The van der Waals surface area contributed by atoms with Crippen molar-refractivity contribution in [2.24, 2.45) is 0 Å². The quantitative estimate of drug-likeness (QED) is 0.210. The van der Waals surface area contributed by atoms with Crippen LogP contribution in [0, 0.1) is 0 Å². The molecule has 2 aromatic heterocycles. The van der Waals surface area contributed by atoms with Crippen LogP contribution >= 0.6 is 11.6 Å². The number of piperidine rings is 1. The summed E-state index contributed by atoms with van der Waals surface area (Å²) in [6.45, 7) is 2.15. The summed E-state index contributed by atoms with van der Waals surface area (Å²) in [5, 5.41) is 4.70. The highest BCUT2D eigenvalue weighted by Crippen LogP contribution is 2.35. The molecule has 1 aliphatic heterocycles. The number of nitrogens with zero attached hydrogens (tertiary/aromatic N) is 4. The molecule has 7 rings (SSSR count). The van der Waals surface area contributed by atoms with Crippen LogP contribution in [0.2, 0.25) is 5.02 Å². The van der Waals surface area contributed by atoms with E-state index in [1.165, 1.54) is 49.7 Å². The van der Waals surface area contributed by atoms with Gasteiger partial charge in [0.2, 0.25) is 5.95 Å². The molecule has 2 fully saturated rings. The first kappa shape index (κ1) is 28.8. The predicted molar refractivity (Wildman–Crippen MR) is 181 cm³/mol. The first-order chi connectivity index (χ1) is 21.5. The summed E-state index contributed by atoms with van der Waals surface area (Å²) in [6.07, 6.45) is 10.6. The van der Waals surface area contributed by atoms with Crippen molar-refractivity contribution in [1.29, 1.82) is 0 Å². The SMILES string of the molecule is CN1CCCC(c2ccc(-c3cc4cnc(Nc5ccc(C6CCCCC6)cc5)nc4n(-c4ccccc4)c3=O)c(Cl)c2)C1. The molecule has 1 aliphatic carbocycles. The minimum atomic E-state index is -0.169. The zero-order valence-corrected chi connectivity index (χ0v) is 25.9. The molecule has 224 valence electrons. The fourth-order valence-corrected chi connectivity index (χ4v) is 7.30. The zero-order valence-electron chi connectivity index (χ0n) is 25.2. The van der Waals surface area contributed by atoms with Crippen LogP contribution in [0.4, 0.5) is 11.6 Å². The van der Waals surface area contributed by atoms with Gasteiger partial charge in [-0.3, -0.25) is 9.36 Å². The van der Waals surface area contributed by atoms with Crippen molar-refractivity contribution in [3.8, 4) is 16.8 Å². The summed E-state index contributed by atoms with van der Waals surface area (Å²) in [6, 6.07) is 26.3. The summed E-state index contributed by atoms with van der Waals surface area (Å²) < 4.78 is 1.67.